The quantitative estimate of drug-likeness (QED) is 0.0871. The van der Waals surface area contributed by atoms with Gasteiger partial charge in [0, 0.05) is 22.4 Å². The molecular weight excluding hydrogens is 717 g/mol. The summed E-state index contributed by atoms with van der Waals surface area (Å²) in [6, 6.07) is 20.9. The van der Waals surface area contributed by atoms with Crippen LogP contribution in [0.5, 0.6) is 0 Å². The van der Waals surface area contributed by atoms with Gasteiger partial charge in [-0.3, -0.25) is 20.4 Å². The predicted molar refractivity (Wildman–Crippen MR) is 185 cm³/mol. The second kappa shape index (κ2) is 15.5. The molecule has 2 aliphatic carbocycles. The van der Waals surface area contributed by atoms with Gasteiger partial charge in [0.1, 0.15) is 31.7 Å². The topological polar surface area (TPSA) is 223 Å². The number of nitrogens with zero attached hydrogens (tertiary/aromatic N) is 2. The molecule has 0 amide bonds. The molecule has 0 saturated carbocycles. The Morgan fingerprint density at radius 2 is 1.18 bits per heavy atom. The Balaban J connectivity index is 0.00000292. The summed E-state index contributed by atoms with van der Waals surface area (Å²) in [6.45, 7) is 3.57. The molecule has 0 atom stereocenters. The molecule has 0 heterocycles. The summed E-state index contributed by atoms with van der Waals surface area (Å²) in [4.78, 5) is 24.8. The molecule has 17 heteroatoms. The monoisotopic (exact) mass is 741 g/mol. The Bertz CT molecular complexity index is 2480. The molecule has 4 N–H and O–H groups in total. The van der Waals surface area contributed by atoms with Crippen LogP contribution in [0, 0.1) is 13.8 Å². The smallest absolute Gasteiger partial charge is 0.744 e. The van der Waals surface area contributed by atoms with Crippen LogP contribution < -0.4 is 75.7 Å². The number of fused-ring (bicyclic) bond motifs is 2. The van der Waals surface area contributed by atoms with E-state index in [0.29, 0.717) is 22.6 Å². The minimum Gasteiger partial charge on any atom is -0.744 e. The third-order valence-electron chi connectivity index (χ3n) is 7.90. The van der Waals surface area contributed by atoms with E-state index < -0.39 is 47.3 Å². The van der Waals surface area contributed by atoms with E-state index in [-0.39, 0.29) is 87.1 Å². The van der Waals surface area contributed by atoms with E-state index in [0.717, 1.165) is 28.8 Å². The number of carbonyl (C=O) groups is 2. The zero-order valence-corrected chi connectivity index (χ0v) is 33.3. The van der Waals surface area contributed by atoms with Crippen LogP contribution >= 0.6 is 0 Å². The molecule has 0 unspecified atom stereocenters. The van der Waals surface area contributed by atoms with Gasteiger partial charge >= 0.3 is 59.1 Å². The number of Topliss-reactive ketones (excluding diaryl/α,β-unsaturated/α-hetero) is 2. The Morgan fingerprint density at radius 3 is 1.73 bits per heavy atom. The van der Waals surface area contributed by atoms with Crippen molar-refractivity contribution in [2.75, 3.05) is 16.6 Å². The average molecular weight is 742 g/mol. The number of ketones is 2. The summed E-state index contributed by atoms with van der Waals surface area (Å²) in [7, 11) is -9.93. The van der Waals surface area contributed by atoms with Crippen molar-refractivity contribution in [2.24, 2.45) is 10.2 Å². The maximum Gasteiger partial charge on any atom is 1.00 e. The molecule has 51 heavy (non-hydrogen) atoms. The third-order valence-corrected chi connectivity index (χ3v) is 9.63. The first kappa shape index (κ1) is 40.0. The van der Waals surface area contributed by atoms with Crippen molar-refractivity contribution in [3.63, 3.8) is 0 Å². The van der Waals surface area contributed by atoms with Crippen molar-refractivity contribution in [2.45, 2.75) is 13.8 Å². The number of benzene rings is 4. The van der Waals surface area contributed by atoms with Gasteiger partial charge in [0.25, 0.3) is 0 Å². The van der Waals surface area contributed by atoms with Gasteiger partial charge in [-0.05, 0) is 96.3 Å². The summed E-state index contributed by atoms with van der Waals surface area (Å²) in [5, 5.41) is 8.14. The van der Waals surface area contributed by atoms with Crippen LogP contribution in [0.3, 0.4) is 0 Å². The van der Waals surface area contributed by atoms with Gasteiger partial charge in [0.05, 0.1) is 21.2 Å². The van der Waals surface area contributed by atoms with Crippen molar-refractivity contribution in [1.82, 2.24) is 0 Å². The number of anilines is 3. The average Bonchev–Trinajstić information content (AvgIpc) is 3.04. The zero-order valence-electron chi connectivity index (χ0n) is 27.7. The van der Waals surface area contributed by atoms with Crippen LogP contribution in [0.4, 0.5) is 17.1 Å². The maximum absolute atomic E-state index is 13.1. The predicted octanol–water partition coefficient (Wildman–Crippen LogP) is -1.34. The van der Waals surface area contributed by atoms with Gasteiger partial charge in [-0.1, -0.05) is 36.4 Å². The van der Waals surface area contributed by atoms with Crippen LogP contribution in [0.1, 0.15) is 43.0 Å². The molecule has 4 aromatic carbocycles. The number of hydrogen-bond acceptors (Lipinski definition) is 13. The fourth-order valence-corrected chi connectivity index (χ4v) is 6.77. The minimum absolute atomic E-state index is 0. The number of nitrogens with one attached hydrogen (secondary N) is 2. The molecule has 6 rings (SSSR count). The maximum atomic E-state index is 13.1. The molecule has 0 aliphatic heterocycles. The number of rotatable bonds is 7. The van der Waals surface area contributed by atoms with Crippen LogP contribution in [0.2, 0.25) is 0 Å². The second-order valence-electron chi connectivity index (χ2n) is 11.2. The van der Waals surface area contributed by atoms with E-state index in [4.69, 9.17) is 5.73 Å². The Labute approximate surface area is 337 Å². The van der Waals surface area contributed by atoms with Crippen LogP contribution in [0.15, 0.2) is 100 Å². The molecule has 0 radical (unpaired) electrons. The van der Waals surface area contributed by atoms with Crippen molar-refractivity contribution >= 4 is 71.3 Å². The van der Waals surface area contributed by atoms with Crippen molar-refractivity contribution in [3.05, 3.63) is 123 Å². The molecule has 248 valence electrons. The first-order valence-electron chi connectivity index (χ1n) is 14.4. The molecule has 2 aliphatic rings. The number of nitrogen functional groups attached to an aromatic ring is 1. The molecule has 13 nitrogen and oxygen atoms in total. The molecule has 0 saturated heterocycles. The summed E-state index contributed by atoms with van der Waals surface area (Å²) >= 11 is 0. The van der Waals surface area contributed by atoms with Crippen LogP contribution in [-0.4, -0.2) is 48.9 Å². The molecule has 0 bridgehead atoms. The van der Waals surface area contributed by atoms with Crippen molar-refractivity contribution < 1.29 is 94.6 Å². The Morgan fingerprint density at radius 1 is 0.627 bits per heavy atom. The third kappa shape index (κ3) is 8.34. The summed E-state index contributed by atoms with van der Waals surface area (Å²) in [5.41, 5.74) is 15.2. The molecule has 0 spiro atoms. The van der Waals surface area contributed by atoms with Gasteiger partial charge in [0.15, 0.2) is 0 Å². The minimum atomic E-state index is -5.05. The van der Waals surface area contributed by atoms with Gasteiger partial charge in [-0.2, -0.15) is 10.2 Å². The van der Waals surface area contributed by atoms with E-state index in [9.17, 15) is 35.5 Å². The number of allylic oxidation sites excluding steroid dienone is 2. The summed E-state index contributed by atoms with van der Waals surface area (Å²) in [6.07, 6.45) is 2.04. The summed E-state index contributed by atoms with van der Waals surface area (Å²) < 4.78 is 71.7. The number of hydrogen-bond donors (Lipinski definition) is 3. The standard InChI is InChI=1S/C34H27N5O8S2.2Na/c1-18-13-20(7-11-27(18)36-38-29-17-30(48(42,43)44)25-5-3-4-6-26(25)33(29)40)21-8-12-28(19(2)14-21)37-39-32-31(49(45,46)47)16-22-15-23(35)9-10-24(22)34(32)41;;/h3-17,36-37H,35H2,1-2H3,(H,42,43,44)(H,45,46,47);;/q;2*+1/p-2/b38-29+,39-32-;;. The molecule has 0 aromatic heterocycles. The largest absolute Gasteiger partial charge is 1.00 e. The fourth-order valence-electron chi connectivity index (χ4n) is 5.42. The van der Waals surface area contributed by atoms with E-state index >= 15 is 0 Å². The Kier molecular flexibility index (Phi) is 12.1. The van der Waals surface area contributed by atoms with Gasteiger partial charge in [-0.25, -0.2) is 16.8 Å². The number of hydrazone groups is 2. The van der Waals surface area contributed by atoms with Gasteiger partial charge in [-0.15, -0.1) is 0 Å². The van der Waals surface area contributed by atoms with E-state index in [1.54, 1.807) is 44.2 Å². The normalized spacial score (nSPS) is 15.5. The molecule has 4 aromatic rings. The number of aryl methyl sites for hydroxylation is 2. The molecular formula is C34H25N5Na2O8S2. The van der Waals surface area contributed by atoms with Gasteiger partial charge in [0.2, 0.25) is 11.6 Å². The number of nitrogens with two attached hydrogens (primary N) is 1. The van der Waals surface area contributed by atoms with E-state index in [2.05, 4.69) is 21.1 Å². The van der Waals surface area contributed by atoms with E-state index in [1.165, 1.54) is 36.4 Å². The Hall–Kier alpha value is -3.74. The SMILES string of the molecule is Cc1cc(-c2ccc(N/N=C3\C(=O)c4ccc(N)cc4C=C3S(=O)(=O)[O-])c(C)c2)ccc1N/N=C1\C=C(S(=O)(=O)[O-])c2ccccc2C1=O.[Na+].[Na+]. The van der Waals surface area contributed by atoms with Gasteiger partial charge < -0.3 is 14.8 Å². The van der Waals surface area contributed by atoms with Crippen molar-refractivity contribution in [1.29, 1.82) is 0 Å². The summed E-state index contributed by atoms with van der Waals surface area (Å²) in [5.74, 6) is -1.28. The van der Waals surface area contributed by atoms with Crippen LogP contribution in [0.25, 0.3) is 22.1 Å². The zero-order chi connectivity index (χ0) is 35.2. The first-order chi connectivity index (χ1) is 23.1. The van der Waals surface area contributed by atoms with Crippen molar-refractivity contribution in [3.8, 4) is 11.1 Å². The van der Waals surface area contributed by atoms with E-state index in [1.807, 2.05) is 12.1 Å². The molecule has 0 fully saturated rings. The first-order valence-corrected chi connectivity index (χ1v) is 17.3. The number of carbonyl (C=O) groups excluding carboxylic acids is 2. The second-order valence-corrected chi connectivity index (χ2v) is 13.9. The fraction of sp³-hybridized carbons (Fsp3) is 0.0588. The van der Waals surface area contributed by atoms with Crippen LogP contribution in [-0.2, 0) is 20.2 Å².